The molecule has 0 aliphatic carbocycles. The first-order valence-corrected chi connectivity index (χ1v) is 8.72. The van der Waals surface area contributed by atoms with Crippen LogP contribution in [0, 0.1) is 0 Å². The number of methoxy groups -OCH3 is 1. The van der Waals surface area contributed by atoms with Crippen molar-refractivity contribution >= 4 is 11.6 Å². The topological polar surface area (TPSA) is 111 Å². The Balaban J connectivity index is 1.68. The second kappa shape index (κ2) is 9.43. The Morgan fingerprint density at radius 2 is 2.00 bits per heavy atom. The van der Waals surface area contributed by atoms with E-state index in [4.69, 9.17) is 19.9 Å². The van der Waals surface area contributed by atoms with Gasteiger partial charge in [-0.05, 0) is 29.8 Å². The van der Waals surface area contributed by atoms with Crippen LogP contribution in [0.4, 0.5) is 5.69 Å². The lowest BCUT2D eigenvalue weighted by Crippen LogP contribution is -2.21. The molecule has 0 unspecified atom stereocenters. The van der Waals surface area contributed by atoms with Gasteiger partial charge in [-0.2, -0.15) is 5.10 Å². The molecule has 0 aliphatic heterocycles. The van der Waals surface area contributed by atoms with E-state index in [-0.39, 0.29) is 12.5 Å². The van der Waals surface area contributed by atoms with Crippen molar-refractivity contribution in [2.24, 2.45) is 5.73 Å². The van der Waals surface area contributed by atoms with Gasteiger partial charge < -0.3 is 25.3 Å². The number of carbonyl (C=O) groups excluding carboxylic acids is 1. The molecule has 0 fully saturated rings. The fraction of sp³-hybridized carbons (Fsp3) is 0.200. The van der Waals surface area contributed by atoms with Crippen molar-refractivity contribution in [1.29, 1.82) is 0 Å². The van der Waals surface area contributed by atoms with E-state index < -0.39 is 0 Å². The van der Waals surface area contributed by atoms with Crippen LogP contribution in [0.15, 0.2) is 54.9 Å². The molecule has 8 heteroatoms. The number of benzene rings is 2. The van der Waals surface area contributed by atoms with Crippen LogP contribution < -0.4 is 25.3 Å². The first-order chi connectivity index (χ1) is 13.7. The normalized spacial score (nSPS) is 10.4. The molecule has 3 rings (SSSR count). The molecule has 1 amide bonds. The number of anilines is 1. The Hall–Kier alpha value is -3.52. The highest BCUT2D eigenvalue weighted by atomic mass is 16.5. The van der Waals surface area contributed by atoms with Crippen molar-refractivity contribution in [2.75, 3.05) is 32.2 Å². The van der Waals surface area contributed by atoms with E-state index in [2.05, 4.69) is 15.5 Å². The van der Waals surface area contributed by atoms with Gasteiger partial charge in [0.2, 0.25) is 0 Å². The minimum absolute atomic E-state index is 0.146. The third-order valence-electron chi connectivity index (χ3n) is 3.87. The van der Waals surface area contributed by atoms with Crippen LogP contribution in [0.2, 0.25) is 0 Å². The van der Waals surface area contributed by atoms with Gasteiger partial charge in [-0.1, -0.05) is 12.1 Å². The summed E-state index contributed by atoms with van der Waals surface area (Å²) in [4.78, 5) is 12.3. The summed E-state index contributed by atoms with van der Waals surface area (Å²) in [6, 6.07) is 12.5. The molecule has 0 bridgehead atoms. The molecule has 2 aromatic carbocycles. The average molecular weight is 382 g/mol. The molecule has 1 heterocycles. The Bertz CT molecular complexity index is 912. The number of carbonyl (C=O) groups is 1. The number of hydrogen-bond donors (Lipinski definition) is 3. The Kier molecular flexibility index (Phi) is 6.48. The molecule has 0 saturated carbocycles. The van der Waals surface area contributed by atoms with Gasteiger partial charge in [0, 0.05) is 24.4 Å². The largest absolute Gasteiger partial charge is 0.497 e. The molecule has 0 spiro atoms. The van der Waals surface area contributed by atoms with Crippen LogP contribution in [0.5, 0.6) is 17.2 Å². The summed E-state index contributed by atoms with van der Waals surface area (Å²) in [7, 11) is 1.57. The molecule has 4 N–H and O–H groups in total. The number of aromatic amines is 1. The fourth-order valence-corrected chi connectivity index (χ4v) is 2.53. The lowest BCUT2D eigenvalue weighted by atomic mass is 10.1. The quantitative estimate of drug-likeness (QED) is 0.524. The highest BCUT2D eigenvalue weighted by molar-refractivity contribution is 5.93. The van der Waals surface area contributed by atoms with Crippen molar-refractivity contribution in [3.63, 3.8) is 0 Å². The minimum Gasteiger partial charge on any atom is -0.497 e. The monoisotopic (exact) mass is 382 g/mol. The van der Waals surface area contributed by atoms with E-state index in [1.165, 1.54) is 0 Å². The van der Waals surface area contributed by atoms with E-state index in [0.717, 1.165) is 11.1 Å². The number of H-pyrrole nitrogens is 1. The Labute approximate surface area is 162 Å². The fourth-order valence-electron chi connectivity index (χ4n) is 2.53. The first-order valence-electron chi connectivity index (χ1n) is 8.72. The first kappa shape index (κ1) is 19.2. The third kappa shape index (κ3) is 5.01. The van der Waals surface area contributed by atoms with Crippen molar-refractivity contribution in [2.45, 2.75) is 0 Å². The highest BCUT2D eigenvalue weighted by Crippen LogP contribution is 2.30. The third-order valence-corrected chi connectivity index (χ3v) is 3.87. The minimum atomic E-state index is -0.309. The number of hydrogen-bond acceptors (Lipinski definition) is 6. The second-order valence-corrected chi connectivity index (χ2v) is 5.85. The molecule has 3 aromatic rings. The second-order valence-electron chi connectivity index (χ2n) is 5.85. The van der Waals surface area contributed by atoms with E-state index in [1.54, 1.807) is 49.8 Å². The summed E-state index contributed by atoms with van der Waals surface area (Å²) < 4.78 is 16.4. The van der Waals surface area contributed by atoms with Gasteiger partial charge in [-0.15, -0.1) is 0 Å². The smallest absolute Gasteiger partial charge is 0.262 e. The van der Waals surface area contributed by atoms with Crippen molar-refractivity contribution in [3.8, 4) is 28.4 Å². The number of nitrogens with one attached hydrogen (secondary N) is 2. The zero-order chi connectivity index (χ0) is 19.8. The van der Waals surface area contributed by atoms with Gasteiger partial charge in [0.15, 0.2) is 6.61 Å². The molecule has 28 heavy (non-hydrogen) atoms. The standard InChI is InChI=1S/C20H22N4O4/c1-26-16-3-2-4-17(10-16)28-13-20(25)24-18-6-5-14(15-11-22-23-12-15)9-19(18)27-8-7-21/h2-6,9-12H,7-8,13,21H2,1H3,(H,22,23)(H,24,25). The van der Waals surface area contributed by atoms with Crippen molar-refractivity contribution < 1.29 is 19.0 Å². The van der Waals surface area contributed by atoms with Crippen LogP contribution in [0.3, 0.4) is 0 Å². The maximum absolute atomic E-state index is 12.3. The zero-order valence-electron chi connectivity index (χ0n) is 15.5. The zero-order valence-corrected chi connectivity index (χ0v) is 15.5. The van der Waals surface area contributed by atoms with Crippen LogP contribution in [0.25, 0.3) is 11.1 Å². The van der Waals surface area contributed by atoms with Gasteiger partial charge in [0.1, 0.15) is 23.9 Å². The summed E-state index contributed by atoms with van der Waals surface area (Å²) in [5.41, 5.74) is 7.90. The number of amides is 1. The van der Waals surface area contributed by atoms with Crippen molar-refractivity contribution in [1.82, 2.24) is 10.2 Å². The van der Waals surface area contributed by atoms with E-state index >= 15 is 0 Å². The maximum Gasteiger partial charge on any atom is 0.262 e. The van der Waals surface area contributed by atoms with E-state index in [9.17, 15) is 4.79 Å². The molecule has 0 radical (unpaired) electrons. The molecule has 0 atom stereocenters. The molecule has 0 aliphatic rings. The predicted octanol–water partition coefficient (Wildman–Crippen LogP) is 2.44. The number of nitrogens with zero attached hydrogens (tertiary/aromatic N) is 1. The average Bonchev–Trinajstić information content (AvgIpc) is 3.26. The van der Waals surface area contributed by atoms with Gasteiger partial charge in [0.25, 0.3) is 5.91 Å². The molecular weight excluding hydrogens is 360 g/mol. The summed E-state index contributed by atoms with van der Waals surface area (Å²) in [6.07, 6.45) is 3.49. The summed E-state index contributed by atoms with van der Waals surface area (Å²) in [6.45, 7) is 0.549. The Morgan fingerprint density at radius 1 is 1.14 bits per heavy atom. The van der Waals surface area contributed by atoms with Crippen LogP contribution in [-0.2, 0) is 4.79 Å². The van der Waals surface area contributed by atoms with E-state index in [0.29, 0.717) is 36.1 Å². The highest BCUT2D eigenvalue weighted by Gasteiger charge is 2.11. The summed E-state index contributed by atoms with van der Waals surface area (Å²) in [5.74, 6) is 1.42. The van der Waals surface area contributed by atoms with Gasteiger partial charge in [0.05, 0.1) is 19.0 Å². The maximum atomic E-state index is 12.3. The molecule has 8 nitrogen and oxygen atoms in total. The van der Waals surface area contributed by atoms with Crippen LogP contribution in [0.1, 0.15) is 0 Å². The lowest BCUT2D eigenvalue weighted by Gasteiger charge is -2.14. The molecule has 1 aromatic heterocycles. The van der Waals surface area contributed by atoms with Gasteiger partial charge in [-0.3, -0.25) is 9.89 Å². The van der Waals surface area contributed by atoms with Gasteiger partial charge >= 0.3 is 0 Å². The summed E-state index contributed by atoms with van der Waals surface area (Å²) in [5, 5.41) is 9.52. The molecule has 146 valence electrons. The molecular formula is C20H22N4O4. The SMILES string of the molecule is COc1cccc(OCC(=O)Nc2ccc(-c3cn[nH]c3)cc2OCCN)c1. The number of ether oxygens (including phenoxy) is 3. The number of nitrogens with two attached hydrogens (primary N) is 1. The van der Waals surface area contributed by atoms with Crippen LogP contribution in [-0.4, -0.2) is 43.0 Å². The molecule has 0 saturated heterocycles. The van der Waals surface area contributed by atoms with E-state index in [1.807, 2.05) is 12.1 Å². The number of rotatable bonds is 9. The Morgan fingerprint density at radius 3 is 2.75 bits per heavy atom. The van der Waals surface area contributed by atoms with Gasteiger partial charge in [-0.25, -0.2) is 0 Å². The summed E-state index contributed by atoms with van der Waals surface area (Å²) >= 11 is 0. The number of aromatic nitrogens is 2. The van der Waals surface area contributed by atoms with Crippen molar-refractivity contribution in [3.05, 3.63) is 54.9 Å². The lowest BCUT2D eigenvalue weighted by molar-refractivity contribution is -0.118. The van der Waals surface area contributed by atoms with Crippen LogP contribution >= 0.6 is 0 Å². The predicted molar refractivity (Wildman–Crippen MR) is 106 cm³/mol.